The van der Waals surface area contributed by atoms with Crippen LogP contribution in [0.5, 0.6) is 0 Å². The van der Waals surface area contributed by atoms with E-state index in [0.29, 0.717) is 18.8 Å². The maximum Gasteiger partial charge on any atom is 0.416 e. The molecule has 2 saturated heterocycles. The largest absolute Gasteiger partial charge is 0.416 e. The molecule has 0 unspecified atom stereocenters. The van der Waals surface area contributed by atoms with Gasteiger partial charge in [-0.15, -0.1) is 5.10 Å². The van der Waals surface area contributed by atoms with Gasteiger partial charge in [0.2, 0.25) is 0 Å². The Morgan fingerprint density at radius 1 is 0.906 bits per heavy atom. The van der Waals surface area contributed by atoms with E-state index in [1.807, 2.05) is 13.1 Å². The first-order valence-corrected chi connectivity index (χ1v) is 12.6. The van der Waals surface area contributed by atoms with Gasteiger partial charge in [0.15, 0.2) is 15.7 Å². The molecule has 0 bridgehead atoms. The fourth-order valence-electron chi connectivity index (χ4n) is 4.14. The van der Waals surface area contributed by atoms with Crippen molar-refractivity contribution in [1.29, 1.82) is 0 Å². The van der Waals surface area contributed by atoms with Crippen molar-refractivity contribution in [2.45, 2.75) is 13.1 Å². The van der Waals surface area contributed by atoms with Crippen molar-refractivity contribution >= 4 is 15.7 Å². The van der Waals surface area contributed by atoms with Crippen LogP contribution in [0.25, 0.3) is 5.69 Å². The fraction of sp³-hybridized carbons (Fsp3) is 0.571. The van der Waals surface area contributed by atoms with Crippen LogP contribution in [0.2, 0.25) is 0 Å². The molecule has 2 aliphatic heterocycles. The molecule has 2 fully saturated rings. The Bertz CT molecular complexity index is 1010. The van der Waals surface area contributed by atoms with E-state index in [-0.39, 0.29) is 11.5 Å². The van der Waals surface area contributed by atoms with Crippen LogP contribution in [0.4, 0.5) is 19.0 Å². The molecule has 176 valence electrons. The van der Waals surface area contributed by atoms with Crippen LogP contribution in [-0.4, -0.2) is 91.9 Å². The minimum Gasteiger partial charge on any atom is -0.352 e. The maximum absolute atomic E-state index is 12.8. The average molecular weight is 472 g/mol. The molecule has 0 spiro atoms. The van der Waals surface area contributed by atoms with Gasteiger partial charge in [-0.1, -0.05) is 0 Å². The second-order valence-corrected chi connectivity index (χ2v) is 10.8. The van der Waals surface area contributed by atoms with Crippen molar-refractivity contribution in [1.82, 2.24) is 19.6 Å². The molecule has 0 atom stereocenters. The topological polar surface area (TPSA) is 61.7 Å². The van der Waals surface area contributed by atoms with Gasteiger partial charge in [-0.2, -0.15) is 13.2 Å². The van der Waals surface area contributed by atoms with Gasteiger partial charge in [0.1, 0.15) is 0 Å². The lowest BCUT2D eigenvalue weighted by molar-refractivity contribution is -0.137. The maximum atomic E-state index is 12.8. The van der Waals surface area contributed by atoms with Gasteiger partial charge in [-0.3, -0.25) is 4.90 Å². The Labute approximate surface area is 186 Å². The second kappa shape index (κ2) is 9.03. The predicted octanol–water partition coefficient (Wildman–Crippen LogP) is 2.05. The van der Waals surface area contributed by atoms with Gasteiger partial charge in [-0.05, 0) is 31.2 Å². The van der Waals surface area contributed by atoms with Crippen LogP contribution in [0.15, 0.2) is 30.5 Å². The van der Waals surface area contributed by atoms with Crippen molar-refractivity contribution in [2.24, 2.45) is 0 Å². The Hall–Kier alpha value is -2.11. The van der Waals surface area contributed by atoms with Crippen LogP contribution in [0.1, 0.15) is 11.1 Å². The van der Waals surface area contributed by atoms with Crippen molar-refractivity contribution < 1.29 is 21.6 Å². The van der Waals surface area contributed by atoms with E-state index < -0.39 is 21.6 Å². The van der Waals surface area contributed by atoms with E-state index in [1.165, 1.54) is 12.1 Å². The van der Waals surface area contributed by atoms with Gasteiger partial charge in [-0.25, -0.2) is 13.1 Å². The van der Waals surface area contributed by atoms with Crippen molar-refractivity contribution in [3.8, 4) is 5.69 Å². The fourth-order valence-corrected chi connectivity index (χ4v) is 5.42. The molecule has 1 aromatic carbocycles. The quantitative estimate of drug-likeness (QED) is 0.665. The Morgan fingerprint density at radius 2 is 1.47 bits per heavy atom. The number of nitrogens with zero attached hydrogens (tertiary/aromatic N) is 5. The summed E-state index contributed by atoms with van der Waals surface area (Å²) >= 11 is 0. The minimum absolute atomic E-state index is 0.252. The number of hydrogen-bond acceptors (Lipinski definition) is 6. The number of alkyl halides is 3. The zero-order chi connectivity index (χ0) is 22.9. The molecule has 2 aliphatic rings. The summed E-state index contributed by atoms with van der Waals surface area (Å²) < 4.78 is 63.1. The van der Waals surface area contributed by atoms with E-state index in [0.717, 1.165) is 62.8 Å². The molecular formula is C21H28F3N5O2S. The monoisotopic (exact) mass is 471 g/mol. The number of anilines is 1. The summed E-state index contributed by atoms with van der Waals surface area (Å²) in [7, 11) is -2.85. The Balaban J connectivity index is 1.31. The highest BCUT2D eigenvalue weighted by molar-refractivity contribution is 7.91. The van der Waals surface area contributed by atoms with E-state index in [9.17, 15) is 21.6 Å². The molecule has 3 heterocycles. The number of sulfone groups is 1. The smallest absolute Gasteiger partial charge is 0.352 e. The van der Waals surface area contributed by atoms with Crippen LogP contribution < -0.4 is 4.90 Å². The molecule has 0 radical (unpaired) electrons. The molecular weight excluding hydrogens is 443 g/mol. The molecule has 2 aromatic rings. The van der Waals surface area contributed by atoms with Gasteiger partial charge < -0.3 is 9.80 Å². The van der Waals surface area contributed by atoms with E-state index in [1.54, 1.807) is 4.68 Å². The molecule has 0 amide bonds. The van der Waals surface area contributed by atoms with Gasteiger partial charge in [0.05, 0.1) is 22.8 Å². The number of rotatable bonds is 5. The van der Waals surface area contributed by atoms with Gasteiger partial charge in [0, 0.05) is 64.1 Å². The van der Waals surface area contributed by atoms with E-state index in [2.05, 4.69) is 19.8 Å². The van der Waals surface area contributed by atoms with Crippen LogP contribution in [0, 0.1) is 6.92 Å². The number of aromatic nitrogens is 2. The average Bonchev–Trinajstić information content (AvgIpc) is 3.14. The molecule has 7 nitrogen and oxygen atoms in total. The molecule has 11 heteroatoms. The number of hydrogen-bond donors (Lipinski definition) is 0. The number of aryl methyl sites for hydroxylation is 1. The number of piperazine rings is 1. The molecule has 0 saturated carbocycles. The van der Waals surface area contributed by atoms with Crippen LogP contribution in [-0.2, 0) is 16.0 Å². The van der Waals surface area contributed by atoms with Gasteiger partial charge in [0.25, 0.3) is 0 Å². The lowest BCUT2D eigenvalue weighted by atomic mass is 10.2. The number of benzene rings is 1. The first kappa shape index (κ1) is 23.1. The molecule has 1 aromatic heterocycles. The lowest BCUT2D eigenvalue weighted by Gasteiger charge is -2.36. The highest BCUT2D eigenvalue weighted by Gasteiger charge is 2.30. The summed E-state index contributed by atoms with van der Waals surface area (Å²) in [6, 6.07) is 5.01. The van der Waals surface area contributed by atoms with Gasteiger partial charge >= 0.3 is 6.18 Å². The zero-order valence-corrected chi connectivity index (χ0v) is 18.9. The summed E-state index contributed by atoms with van der Waals surface area (Å²) in [5, 5.41) is 4.63. The normalized spacial score (nSPS) is 20.6. The molecule has 4 rings (SSSR count). The van der Waals surface area contributed by atoms with Crippen LogP contribution >= 0.6 is 0 Å². The standard InChI is InChI=1S/C21H28F3N5O2S/c1-17-16-29(19-4-2-18(3-5-19)21(22,23)24)25-20(17)28-10-8-26(9-11-28)6-7-27-12-14-32(30,31)15-13-27/h2-5,16H,6-15H2,1H3. The van der Waals surface area contributed by atoms with E-state index >= 15 is 0 Å². The first-order valence-electron chi connectivity index (χ1n) is 10.7. The summed E-state index contributed by atoms with van der Waals surface area (Å²) in [6.07, 6.45) is -2.51. The predicted molar refractivity (Wildman–Crippen MR) is 117 cm³/mol. The third-order valence-electron chi connectivity index (χ3n) is 6.17. The molecule has 32 heavy (non-hydrogen) atoms. The summed E-state index contributed by atoms with van der Waals surface area (Å²) in [6.45, 7) is 8.38. The Kier molecular flexibility index (Phi) is 6.51. The second-order valence-electron chi connectivity index (χ2n) is 8.45. The lowest BCUT2D eigenvalue weighted by Crippen LogP contribution is -2.50. The van der Waals surface area contributed by atoms with E-state index in [4.69, 9.17) is 0 Å². The SMILES string of the molecule is Cc1cn(-c2ccc(C(F)(F)F)cc2)nc1N1CCN(CCN2CCS(=O)(=O)CC2)CC1. The molecule has 0 aliphatic carbocycles. The van der Waals surface area contributed by atoms with Crippen LogP contribution in [0.3, 0.4) is 0 Å². The van der Waals surface area contributed by atoms with Crippen molar-refractivity contribution in [3.05, 3.63) is 41.6 Å². The highest BCUT2D eigenvalue weighted by Crippen LogP contribution is 2.30. The first-order chi connectivity index (χ1) is 15.1. The van der Waals surface area contributed by atoms with Crippen molar-refractivity contribution in [2.75, 3.05) is 68.8 Å². The summed E-state index contributed by atoms with van der Waals surface area (Å²) in [5.41, 5.74) is 0.898. The highest BCUT2D eigenvalue weighted by atomic mass is 32.2. The summed E-state index contributed by atoms with van der Waals surface area (Å²) in [5.74, 6) is 1.36. The number of halogens is 3. The molecule has 0 N–H and O–H groups in total. The Morgan fingerprint density at radius 3 is 2.03 bits per heavy atom. The van der Waals surface area contributed by atoms with Crippen molar-refractivity contribution in [3.63, 3.8) is 0 Å². The third kappa shape index (κ3) is 5.44. The minimum atomic E-state index is -4.35. The summed E-state index contributed by atoms with van der Waals surface area (Å²) in [4.78, 5) is 6.80. The third-order valence-corrected chi connectivity index (χ3v) is 7.78. The zero-order valence-electron chi connectivity index (χ0n) is 18.1.